The van der Waals surface area contributed by atoms with E-state index in [9.17, 15) is 4.79 Å². The van der Waals surface area contributed by atoms with Crippen molar-refractivity contribution in [1.82, 2.24) is 15.1 Å². The van der Waals surface area contributed by atoms with Crippen molar-refractivity contribution >= 4 is 17.4 Å². The Morgan fingerprint density at radius 3 is 2.61 bits per heavy atom. The molecule has 0 saturated heterocycles. The number of amides is 2. The molecule has 0 spiro atoms. The monoisotopic (exact) mass is 337 g/mol. The highest BCUT2D eigenvalue weighted by atomic mass is 32.1. The average molecular weight is 338 g/mol. The molecule has 1 aromatic heterocycles. The van der Waals surface area contributed by atoms with E-state index in [2.05, 4.69) is 55.2 Å². The first kappa shape index (κ1) is 18.3. The number of thiophene rings is 1. The van der Waals surface area contributed by atoms with E-state index in [4.69, 9.17) is 0 Å². The topological polar surface area (TPSA) is 35.6 Å². The Morgan fingerprint density at radius 1 is 1.35 bits per heavy atom. The third-order valence-electron chi connectivity index (χ3n) is 4.43. The highest BCUT2D eigenvalue weighted by Gasteiger charge is 2.27. The van der Waals surface area contributed by atoms with Gasteiger partial charge >= 0.3 is 6.03 Å². The Labute approximate surface area is 144 Å². The zero-order valence-electron chi connectivity index (χ0n) is 15.0. The molecule has 1 aliphatic rings. The Morgan fingerprint density at radius 2 is 2.04 bits per heavy atom. The van der Waals surface area contributed by atoms with Gasteiger partial charge in [-0.3, -0.25) is 0 Å². The Kier molecular flexibility index (Phi) is 6.90. The van der Waals surface area contributed by atoms with E-state index in [0.29, 0.717) is 12.0 Å². The van der Waals surface area contributed by atoms with Gasteiger partial charge in [-0.15, -0.1) is 11.3 Å². The smallest absolute Gasteiger partial charge is 0.317 e. The van der Waals surface area contributed by atoms with Crippen molar-refractivity contribution in [3.63, 3.8) is 0 Å². The molecule has 0 unspecified atom stereocenters. The lowest BCUT2D eigenvalue weighted by atomic mass is 10.1. The van der Waals surface area contributed by atoms with Crippen molar-refractivity contribution in [3.8, 4) is 0 Å². The maximum Gasteiger partial charge on any atom is 0.317 e. The van der Waals surface area contributed by atoms with E-state index in [-0.39, 0.29) is 6.03 Å². The molecule has 0 radical (unpaired) electrons. The molecule has 0 aliphatic heterocycles. The molecular weight excluding hydrogens is 306 g/mol. The molecule has 1 aromatic rings. The van der Waals surface area contributed by atoms with E-state index < -0.39 is 0 Å². The fourth-order valence-corrected chi connectivity index (χ4v) is 4.26. The number of rotatable bonds is 7. The lowest BCUT2D eigenvalue weighted by Gasteiger charge is -2.29. The van der Waals surface area contributed by atoms with Crippen LogP contribution in [0.25, 0.3) is 0 Å². The van der Waals surface area contributed by atoms with Crippen LogP contribution in [0.15, 0.2) is 12.1 Å². The lowest BCUT2D eigenvalue weighted by Crippen LogP contribution is -2.46. The molecule has 5 heteroatoms. The van der Waals surface area contributed by atoms with Crippen LogP contribution in [0.2, 0.25) is 0 Å². The molecular formula is C18H31N3OS. The first-order valence-electron chi connectivity index (χ1n) is 8.70. The summed E-state index contributed by atoms with van der Waals surface area (Å²) in [5, 5.41) is 3.16. The predicted octanol–water partition coefficient (Wildman–Crippen LogP) is 3.71. The summed E-state index contributed by atoms with van der Waals surface area (Å²) < 4.78 is 0. The van der Waals surface area contributed by atoms with Crippen LogP contribution in [-0.2, 0) is 6.54 Å². The quantitative estimate of drug-likeness (QED) is 0.823. The van der Waals surface area contributed by atoms with Gasteiger partial charge in [0, 0.05) is 28.9 Å². The summed E-state index contributed by atoms with van der Waals surface area (Å²) in [6, 6.07) is 4.81. The third kappa shape index (κ3) is 5.81. The van der Waals surface area contributed by atoms with Gasteiger partial charge in [0.1, 0.15) is 0 Å². The Bertz CT molecular complexity index is 494. The SMILES string of the molecule is Cc1ccc(CN(C(=O)NC[C@@H](C)CN(C)C)C2CCCC2)s1. The zero-order chi connectivity index (χ0) is 16.8. The summed E-state index contributed by atoms with van der Waals surface area (Å²) in [5.74, 6) is 0.461. The number of aryl methyl sites for hydroxylation is 1. The molecule has 1 atom stereocenters. The summed E-state index contributed by atoms with van der Waals surface area (Å²) in [7, 11) is 4.14. The van der Waals surface area contributed by atoms with E-state index in [1.54, 1.807) is 11.3 Å². The molecule has 4 nitrogen and oxygen atoms in total. The second-order valence-electron chi connectivity index (χ2n) is 7.13. The minimum atomic E-state index is 0.105. The predicted molar refractivity (Wildman–Crippen MR) is 98.0 cm³/mol. The largest absolute Gasteiger partial charge is 0.338 e. The Hall–Kier alpha value is -1.07. The molecule has 23 heavy (non-hydrogen) atoms. The zero-order valence-corrected chi connectivity index (χ0v) is 15.8. The number of hydrogen-bond acceptors (Lipinski definition) is 3. The van der Waals surface area contributed by atoms with Crippen molar-refractivity contribution in [2.24, 2.45) is 5.92 Å². The van der Waals surface area contributed by atoms with Crippen LogP contribution in [0.4, 0.5) is 4.79 Å². The minimum Gasteiger partial charge on any atom is -0.338 e. The highest BCUT2D eigenvalue weighted by molar-refractivity contribution is 7.11. The summed E-state index contributed by atoms with van der Waals surface area (Å²) in [6.07, 6.45) is 4.78. The number of hydrogen-bond donors (Lipinski definition) is 1. The van der Waals surface area contributed by atoms with Gasteiger partial charge in [-0.25, -0.2) is 4.79 Å². The molecule has 2 rings (SSSR count). The van der Waals surface area contributed by atoms with Crippen molar-refractivity contribution in [2.45, 2.75) is 52.1 Å². The third-order valence-corrected chi connectivity index (χ3v) is 5.41. The van der Waals surface area contributed by atoms with Gasteiger partial charge < -0.3 is 15.1 Å². The second kappa shape index (κ2) is 8.69. The van der Waals surface area contributed by atoms with Gasteiger partial charge in [0.15, 0.2) is 0 Å². The van der Waals surface area contributed by atoms with Crippen LogP contribution in [0.1, 0.15) is 42.4 Å². The summed E-state index contributed by atoms with van der Waals surface area (Å²) in [5.41, 5.74) is 0. The number of carbonyl (C=O) groups is 1. The first-order valence-corrected chi connectivity index (χ1v) is 9.52. The second-order valence-corrected chi connectivity index (χ2v) is 8.50. The van der Waals surface area contributed by atoms with Gasteiger partial charge in [-0.05, 0) is 51.9 Å². The molecule has 1 heterocycles. The molecule has 1 saturated carbocycles. The molecule has 2 amide bonds. The maximum atomic E-state index is 12.7. The van der Waals surface area contributed by atoms with Gasteiger partial charge in [0.05, 0.1) is 6.54 Å². The summed E-state index contributed by atoms with van der Waals surface area (Å²) in [6.45, 7) is 6.79. The molecule has 1 aliphatic carbocycles. The van der Waals surface area contributed by atoms with Crippen molar-refractivity contribution in [1.29, 1.82) is 0 Å². The Balaban J connectivity index is 1.94. The number of nitrogens with one attached hydrogen (secondary N) is 1. The van der Waals surface area contributed by atoms with E-state index in [1.807, 2.05) is 0 Å². The van der Waals surface area contributed by atoms with Gasteiger partial charge in [-0.1, -0.05) is 19.8 Å². The van der Waals surface area contributed by atoms with Crippen LogP contribution in [0.5, 0.6) is 0 Å². The van der Waals surface area contributed by atoms with E-state index >= 15 is 0 Å². The molecule has 1 N–H and O–H groups in total. The fraction of sp³-hybridized carbons (Fsp3) is 0.722. The van der Waals surface area contributed by atoms with Crippen LogP contribution >= 0.6 is 11.3 Å². The van der Waals surface area contributed by atoms with Gasteiger partial charge in [-0.2, -0.15) is 0 Å². The fourth-order valence-electron chi connectivity index (χ4n) is 3.37. The lowest BCUT2D eigenvalue weighted by molar-refractivity contribution is 0.169. The standard InChI is InChI=1S/C18H31N3OS/c1-14(12-20(3)4)11-19-18(22)21(16-7-5-6-8-16)13-17-10-9-15(2)23-17/h9-10,14,16H,5-8,11-13H2,1-4H3,(H,19,22)/t14-/m1/s1. The van der Waals surface area contributed by atoms with Gasteiger partial charge in [0.2, 0.25) is 0 Å². The molecule has 130 valence electrons. The number of urea groups is 1. The van der Waals surface area contributed by atoms with Gasteiger partial charge in [0.25, 0.3) is 0 Å². The summed E-state index contributed by atoms with van der Waals surface area (Å²) in [4.78, 5) is 19.6. The van der Waals surface area contributed by atoms with E-state index in [0.717, 1.165) is 32.5 Å². The van der Waals surface area contributed by atoms with Crippen LogP contribution in [0.3, 0.4) is 0 Å². The first-order chi connectivity index (χ1) is 11.0. The minimum absolute atomic E-state index is 0.105. The van der Waals surface area contributed by atoms with E-state index in [1.165, 1.54) is 22.6 Å². The maximum absolute atomic E-state index is 12.7. The normalized spacial score (nSPS) is 16.7. The molecule has 0 bridgehead atoms. The van der Waals surface area contributed by atoms with Crippen molar-refractivity contribution in [2.75, 3.05) is 27.2 Å². The number of carbonyl (C=O) groups excluding carboxylic acids is 1. The van der Waals surface area contributed by atoms with Crippen molar-refractivity contribution in [3.05, 3.63) is 21.9 Å². The molecule has 1 fully saturated rings. The average Bonchev–Trinajstić information content (AvgIpc) is 3.13. The van der Waals surface area contributed by atoms with Crippen LogP contribution in [-0.4, -0.2) is 49.1 Å². The summed E-state index contributed by atoms with van der Waals surface area (Å²) >= 11 is 1.80. The highest BCUT2D eigenvalue weighted by Crippen LogP contribution is 2.26. The number of nitrogens with zero attached hydrogens (tertiary/aromatic N) is 2. The molecule has 0 aromatic carbocycles. The van der Waals surface area contributed by atoms with Crippen molar-refractivity contribution < 1.29 is 4.79 Å². The van der Waals surface area contributed by atoms with Crippen LogP contribution in [0, 0.1) is 12.8 Å². The van der Waals surface area contributed by atoms with Crippen LogP contribution < -0.4 is 5.32 Å².